The minimum absolute atomic E-state index is 0.0662. The van der Waals surface area contributed by atoms with Crippen LogP contribution in [0.3, 0.4) is 0 Å². The second-order valence-electron chi connectivity index (χ2n) is 3.26. The quantitative estimate of drug-likeness (QED) is 0.481. The third-order valence-corrected chi connectivity index (χ3v) is 2.80. The minimum atomic E-state index is -0.468. The maximum absolute atomic E-state index is 11.4. The predicted molar refractivity (Wildman–Crippen MR) is 53.3 cm³/mol. The number of nitrogens with two attached hydrogens (primary N) is 1. The molecule has 0 bridgehead atoms. The van der Waals surface area contributed by atoms with E-state index in [2.05, 4.69) is 4.74 Å². The van der Waals surface area contributed by atoms with Crippen molar-refractivity contribution >= 4 is 16.9 Å². The van der Waals surface area contributed by atoms with Gasteiger partial charge in [0, 0.05) is 17.7 Å². The van der Waals surface area contributed by atoms with Gasteiger partial charge in [0.2, 0.25) is 0 Å². The van der Waals surface area contributed by atoms with Crippen molar-refractivity contribution in [3.63, 3.8) is 0 Å². The maximum atomic E-state index is 11.4. The third-order valence-electron chi connectivity index (χ3n) is 1.62. The molecule has 0 atom stereocenters. The van der Waals surface area contributed by atoms with E-state index in [1.807, 2.05) is 13.8 Å². The number of hydrogen-bond acceptors (Lipinski definition) is 5. The van der Waals surface area contributed by atoms with Crippen LogP contribution in [0.4, 0.5) is 0 Å². The van der Waals surface area contributed by atoms with Crippen molar-refractivity contribution in [2.24, 2.45) is 11.1 Å². The van der Waals surface area contributed by atoms with Gasteiger partial charge in [-0.3, -0.25) is 4.79 Å². The Kier molecular flexibility index (Phi) is 6.32. The van der Waals surface area contributed by atoms with Gasteiger partial charge < -0.3 is 15.6 Å². The molecule has 0 saturated carbocycles. The number of rotatable bonds is 6. The van der Waals surface area contributed by atoms with Crippen molar-refractivity contribution in [2.45, 2.75) is 13.8 Å². The Morgan fingerprint density at radius 1 is 1.62 bits per heavy atom. The summed E-state index contributed by atoms with van der Waals surface area (Å²) in [6, 6.07) is 0. The average molecular weight is 207 g/mol. The number of carbonyl (C=O) groups is 1. The van der Waals surface area contributed by atoms with Crippen LogP contribution >= 0.6 is 11.8 Å². The topological polar surface area (TPSA) is 72.6 Å². The second-order valence-corrected chi connectivity index (χ2v) is 4.33. The normalized spacial score (nSPS) is 11.7. The van der Waals surface area contributed by atoms with E-state index in [0.29, 0.717) is 18.9 Å². The number of carbonyl (C=O) groups excluding carboxylic acids is 1. The van der Waals surface area contributed by atoms with Gasteiger partial charge in [-0.05, 0) is 0 Å². The highest BCUT2D eigenvalue weighted by Gasteiger charge is 2.25. The van der Waals surface area contributed by atoms with Crippen LogP contribution in [0.2, 0.25) is 0 Å². The largest absolute Gasteiger partial charge is 0.371 e. The Morgan fingerprint density at radius 3 is 2.69 bits per heavy atom. The molecule has 5 heteroatoms. The van der Waals surface area contributed by atoms with Crippen LogP contribution in [0.5, 0.6) is 0 Å². The number of aliphatic hydroxyl groups is 1. The predicted octanol–water partition coefficient (Wildman–Crippen LogP) is 0.197. The average Bonchev–Trinajstić information content (AvgIpc) is 2.12. The monoisotopic (exact) mass is 207 g/mol. The van der Waals surface area contributed by atoms with Crippen LogP contribution in [-0.2, 0) is 9.53 Å². The van der Waals surface area contributed by atoms with Crippen LogP contribution in [0.1, 0.15) is 13.8 Å². The Bertz CT molecular complexity index is 161. The summed E-state index contributed by atoms with van der Waals surface area (Å²) in [5.41, 5.74) is 4.96. The van der Waals surface area contributed by atoms with Gasteiger partial charge in [0.1, 0.15) is 6.79 Å². The van der Waals surface area contributed by atoms with Crippen LogP contribution in [0, 0.1) is 5.41 Å². The van der Waals surface area contributed by atoms with E-state index in [0.717, 1.165) is 0 Å². The van der Waals surface area contributed by atoms with E-state index in [1.54, 1.807) is 0 Å². The molecule has 0 saturated heterocycles. The zero-order valence-corrected chi connectivity index (χ0v) is 8.89. The molecule has 0 aromatic heterocycles. The number of hydrogen-bond donors (Lipinski definition) is 2. The summed E-state index contributed by atoms with van der Waals surface area (Å²) in [6.45, 7) is 4.06. The highest BCUT2D eigenvalue weighted by Crippen LogP contribution is 2.22. The molecule has 0 radical (unpaired) electrons. The minimum Gasteiger partial charge on any atom is -0.371 e. The molecule has 0 aliphatic rings. The van der Waals surface area contributed by atoms with Crippen molar-refractivity contribution in [2.75, 3.05) is 25.7 Å². The van der Waals surface area contributed by atoms with Gasteiger partial charge in [-0.1, -0.05) is 25.6 Å². The lowest BCUT2D eigenvalue weighted by molar-refractivity contribution is -0.117. The van der Waals surface area contributed by atoms with Crippen molar-refractivity contribution in [1.82, 2.24) is 0 Å². The molecule has 0 aliphatic heterocycles. The van der Waals surface area contributed by atoms with Crippen LogP contribution in [0.15, 0.2) is 0 Å². The molecule has 0 aromatic rings. The van der Waals surface area contributed by atoms with Crippen LogP contribution in [0.25, 0.3) is 0 Å². The first kappa shape index (κ1) is 12.9. The summed E-state index contributed by atoms with van der Waals surface area (Å²) < 4.78 is 4.68. The molecular weight excluding hydrogens is 190 g/mol. The first-order chi connectivity index (χ1) is 6.04. The Balaban J connectivity index is 3.62. The van der Waals surface area contributed by atoms with Crippen molar-refractivity contribution in [3.8, 4) is 0 Å². The van der Waals surface area contributed by atoms with Crippen LogP contribution < -0.4 is 5.73 Å². The highest BCUT2D eigenvalue weighted by atomic mass is 32.2. The molecule has 0 unspecified atom stereocenters. The number of thioether (sulfide) groups is 1. The van der Waals surface area contributed by atoms with E-state index in [4.69, 9.17) is 10.8 Å². The fraction of sp³-hybridized carbons (Fsp3) is 0.875. The Labute approximate surface area is 82.8 Å². The zero-order chi connectivity index (χ0) is 10.3. The van der Waals surface area contributed by atoms with Crippen molar-refractivity contribution in [3.05, 3.63) is 0 Å². The van der Waals surface area contributed by atoms with Gasteiger partial charge in [-0.15, -0.1) is 0 Å². The van der Waals surface area contributed by atoms with E-state index in [-0.39, 0.29) is 11.9 Å². The van der Waals surface area contributed by atoms with Crippen molar-refractivity contribution < 1.29 is 14.6 Å². The summed E-state index contributed by atoms with van der Waals surface area (Å²) >= 11 is 1.19. The first-order valence-electron chi connectivity index (χ1n) is 4.10. The molecule has 0 fully saturated rings. The van der Waals surface area contributed by atoms with Gasteiger partial charge in [0.05, 0.1) is 6.61 Å². The lowest BCUT2D eigenvalue weighted by atomic mass is 9.96. The van der Waals surface area contributed by atoms with Gasteiger partial charge in [-0.25, -0.2) is 0 Å². The smallest absolute Gasteiger partial charge is 0.195 e. The van der Waals surface area contributed by atoms with E-state index < -0.39 is 5.41 Å². The van der Waals surface area contributed by atoms with Gasteiger partial charge in [-0.2, -0.15) is 0 Å². The van der Waals surface area contributed by atoms with E-state index in [1.165, 1.54) is 11.8 Å². The second kappa shape index (κ2) is 6.37. The first-order valence-corrected chi connectivity index (χ1v) is 5.09. The molecule has 13 heavy (non-hydrogen) atoms. The highest BCUT2D eigenvalue weighted by molar-refractivity contribution is 8.13. The van der Waals surface area contributed by atoms with Crippen molar-refractivity contribution in [1.29, 1.82) is 0 Å². The molecule has 0 aliphatic carbocycles. The van der Waals surface area contributed by atoms with Gasteiger partial charge in [0.15, 0.2) is 5.12 Å². The SMILES string of the molecule is CC(C)(CN)C(=O)SCCOCO. The molecule has 3 N–H and O–H groups in total. The molecule has 0 rings (SSSR count). The Hall–Kier alpha value is -0.100. The van der Waals surface area contributed by atoms with Gasteiger partial charge >= 0.3 is 0 Å². The summed E-state index contributed by atoms with van der Waals surface area (Å²) in [4.78, 5) is 11.4. The standard InChI is InChI=1S/C8H17NO3S/c1-8(2,5-9)7(11)13-4-3-12-6-10/h10H,3-6,9H2,1-2H3. The summed E-state index contributed by atoms with van der Waals surface area (Å²) in [5.74, 6) is 0.558. The molecule has 0 amide bonds. The van der Waals surface area contributed by atoms with E-state index in [9.17, 15) is 4.79 Å². The molecule has 0 aromatic carbocycles. The summed E-state index contributed by atoms with van der Waals surface area (Å²) in [6.07, 6.45) is 0. The van der Waals surface area contributed by atoms with Crippen LogP contribution in [-0.4, -0.2) is 35.9 Å². The summed E-state index contributed by atoms with van der Waals surface area (Å²) in [7, 11) is 0. The lowest BCUT2D eigenvalue weighted by Gasteiger charge is -2.19. The third kappa shape index (κ3) is 5.25. The molecule has 0 spiro atoms. The zero-order valence-electron chi connectivity index (χ0n) is 8.08. The number of aliphatic hydroxyl groups excluding tert-OH is 1. The Morgan fingerprint density at radius 2 is 2.23 bits per heavy atom. The molecule has 0 heterocycles. The van der Waals surface area contributed by atoms with Gasteiger partial charge in [0.25, 0.3) is 0 Å². The molecule has 78 valence electrons. The summed E-state index contributed by atoms with van der Waals surface area (Å²) in [5, 5.41) is 8.37. The fourth-order valence-corrected chi connectivity index (χ4v) is 1.40. The maximum Gasteiger partial charge on any atom is 0.195 e. The number of ether oxygens (including phenoxy) is 1. The van der Waals surface area contributed by atoms with E-state index >= 15 is 0 Å². The molecule has 4 nitrogen and oxygen atoms in total. The lowest BCUT2D eigenvalue weighted by Crippen LogP contribution is -2.31. The fourth-order valence-electron chi connectivity index (χ4n) is 0.537. The molecular formula is C8H17NO3S.